The molecular weight excluding hydrogens is 455 g/mol. The number of benzene rings is 3. The maximum Gasteiger partial charge on any atom is 0.151 e. The van der Waals surface area contributed by atoms with Gasteiger partial charge in [-0.2, -0.15) is 0 Å². The van der Waals surface area contributed by atoms with Crippen LogP contribution in [-0.2, 0) is 13.1 Å². The van der Waals surface area contributed by atoms with Crippen LogP contribution in [0.2, 0.25) is 5.02 Å². The molecule has 1 fully saturated rings. The van der Waals surface area contributed by atoms with Crippen LogP contribution >= 0.6 is 24.0 Å². The number of hydrogen-bond acceptors (Lipinski definition) is 4. The lowest BCUT2D eigenvalue weighted by Crippen LogP contribution is -2.25. The van der Waals surface area contributed by atoms with Crippen LogP contribution in [-0.4, -0.2) is 20.9 Å². The van der Waals surface area contributed by atoms with Gasteiger partial charge >= 0.3 is 0 Å². The van der Waals surface area contributed by atoms with Crippen LogP contribution in [0.15, 0.2) is 60.7 Å². The number of fused-ring (bicyclic) bond motifs is 4. The number of halogens is 2. The first-order chi connectivity index (χ1) is 15.8. The molecule has 0 radical (unpaired) electrons. The Morgan fingerprint density at radius 2 is 1.73 bits per heavy atom. The van der Waals surface area contributed by atoms with Crippen molar-refractivity contribution in [1.29, 1.82) is 0 Å². The Morgan fingerprint density at radius 1 is 0.909 bits per heavy atom. The van der Waals surface area contributed by atoms with Gasteiger partial charge < -0.3 is 10.1 Å². The Morgan fingerprint density at radius 3 is 2.61 bits per heavy atom. The van der Waals surface area contributed by atoms with Crippen molar-refractivity contribution in [3.63, 3.8) is 0 Å². The molecular formula is C26H26Cl2N4O. The molecule has 1 aromatic heterocycles. The molecule has 170 valence electrons. The van der Waals surface area contributed by atoms with Crippen LogP contribution in [0, 0.1) is 0 Å². The summed E-state index contributed by atoms with van der Waals surface area (Å²) in [5.74, 6) is 3.40. The van der Waals surface area contributed by atoms with Gasteiger partial charge in [-0.05, 0) is 60.9 Å². The largest absolute Gasteiger partial charge is 0.490 e. The van der Waals surface area contributed by atoms with Crippen LogP contribution < -0.4 is 10.1 Å². The Balaban J connectivity index is 0.00000228. The van der Waals surface area contributed by atoms with Crippen molar-refractivity contribution in [1.82, 2.24) is 20.1 Å². The highest BCUT2D eigenvalue weighted by Crippen LogP contribution is 2.37. The molecule has 33 heavy (non-hydrogen) atoms. The SMILES string of the molecule is Cl.Clc1ccc2c(c1)CNCc1nnc(C3CCC(Oc4cccc5ccccc45)CC3)n1-2. The molecule has 5 nitrogen and oxygen atoms in total. The summed E-state index contributed by atoms with van der Waals surface area (Å²) in [5, 5.41) is 15.8. The quantitative estimate of drug-likeness (QED) is 0.378. The van der Waals surface area contributed by atoms with E-state index >= 15 is 0 Å². The topological polar surface area (TPSA) is 52.0 Å². The van der Waals surface area contributed by atoms with Gasteiger partial charge in [0.1, 0.15) is 11.6 Å². The molecule has 1 N–H and O–H groups in total. The third-order valence-electron chi connectivity index (χ3n) is 6.72. The van der Waals surface area contributed by atoms with Crippen molar-refractivity contribution in [2.24, 2.45) is 0 Å². The second kappa shape index (κ2) is 9.34. The van der Waals surface area contributed by atoms with Gasteiger partial charge in [0.2, 0.25) is 0 Å². The van der Waals surface area contributed by atoms with E-state index in [-0.39, 0.29) is 18.5 Å². The molecule has 3 aromatic carbocycles. The number of ether oxygens (including phenoxy) is 1. The fraction of sp³-hybridized carbons (Fsp3) is 0.308. The van der Waals surface area contributed by atoms with Crippen molar-refractivity contribution in [2.75, 3.05) is 0 Å². The first kappa shape index (κ1) is 22.2. The van der Waals surface area contributed by atoms with Gasteiger partial charge in [-0.15, -0.1) is 22.6 Å². The Labute approximate surface area is 204 Å². The van der Waals surface area contributed by atoms with Gasteiger partial charge in [0, 0.05) is 22.9 Å². The van der Waals surface area contributed by atoms with Crippen LogP contribution in [0.1, 0.15) is 48.8 Å². The number of rotatable bonds is 3. The third kappa shape index (κ3) is 4.21. The summed E-state index contributed by atoms with van der Waals surface area (Å²) < 4.78 is 8.72. The highest BCUT2D eigenvalue weighted by Gasteiger charge is 2.30. The van der Waals surface area contributed by atoms with Crippen molar-refractivity contribution in [3.8, 4) is 11.4 Å². The zero-order chi connectivity index (χ0) is 21.5. The van der Waals surface area contributed by atoms with Crippen LogP contribution in [0.25, 0.3) is 16.5 Å². The summed E-state index contributed by atoms with van der Waals surface area (Å²) in [6.45, 7) is 1.49. The van der Waals surface area contributed by atoms with Gasteiger partial charge in [0.05, 0.1) is 18.3 Å². The molecule has 0 amide bonds. The normalized spacial score (nSPS) is 19.8. The first-order valence-electron chi connectivity index (χ1n) is 11.3. The fourth-order valence-corrected chi connectivity index (χ4v) is 5.31. The predicted molar refractivity (Wildman–Crippen MR) is 134 cm³/mol. The number of nitrogens with zero attached hydrogens (tertiary/aromatic N) is 3. The van der Waals surface area contributed by atoms with Crippen LogP contribution in [0.3, 0.4) is 0 Å². The summed E-state index contributed by atoms with van der Waals surface area (Å²) in [7, 11) is 0. The zero-order valence-corrected chi connectivity index (χ0v) is 19.8. The van der Waals surface area contributed by atoms with Gasteiger partial charge in [-0.3, -0.25) is 4.57 Å². The van der Waals surface area contributed by atoms with E-state index in [9.17, 15) is 0 Å². The molecule has 6 rings (SSSR count). The number of nitrogens with one attached hydrogen (secondary N) is 1. The standard InChI is InChI=1S/C26H25ClN4O.ClH/c27-20-10-13-23-19(14-20)15-28-16-25-29-30-26(31(23)25)18-8-11-21(12-9-18)32-24-7-3-5-17-4-1-2-6-22(17)24;/h1-7,10,13-14,18,21,28H,8-9,11-12,15-16H2;1H. The van der Waals surface area contributed by atoms with Gasteiger partial charge in [-0.25, -0.2) is 0 Å². The Kier molecular flexibility index (Phi) is 6.28. The predicted octanol–water partition coefficient (Wildman–Crippen LogP) is 6.20. The summed E-state index contributed by atoms with van der Waals surface area (Å²) in [4.78, 5) is 0. The minimum atomic E-state index is 0. The maximum absolute atomic E-state index is 6.47. The van der Waals surface area contributed by atoms with E-state index in [1.165, 1.54) is 16.3 Å². The third-order valence-corrected chi connectivity index (χ3v) is 6.95. The first-order valence-corrected chi connectivity index (χ1v) is 11.7. The average molecular weight is 481 g/mol. The van der Waals surface area contributed by atoms with Crippen molar-refractivity contribution < 1.29 is 4.74 Å². The Bertz CT molecular complexity index is 1280. The molecule has 0 spiro atoms. The molecule has 7 heteroatoms. The maximum atomic E-state index is 6.47. The number of hydrogen-bond donors (Lipinski definition) is 1. The van der Waals surface area contributed by atoms with E-state index in [1.807, 2.05) is 12.1 Å². The molecule has 1 saturated carbocycles. The molecule has 0 saturated heterocycles. The van der Waals surface area contributed by atoms with E-state index in [1.54, 1.807) is 0 Å². The van der Waals surface area contributed by atoms with E-state index in [4.69, 9.17) is 16.3 Å². The summed E-state index contributed by atoms with van der Waals surface area (Å²) >= 11 is 6.26. The number of aromatic nitrogens is 3. The molecule has 0 atom stereocenters. The van der Waals surface area contributed by atoms with E-state index < -0.39 is 0 Å². The van der Waals surface area contributed by atoms with E-state index in [0.717, 1.165) is 60.3 Å². The van der Waals surface area contributed by atoms with Crippen molar-refractivity contribution in [3.05, 3.63) is 82.9 Å². The minimum absolute atomic E-state index is 0. The summed E-state index contributed by atoms with van der Waals surface area (Å²) in [6.07, 6.45) is 4.36. The minimum Gasteiger partial charge on any atom is -0.490 e. The molecule has 4 aromatic rings. The Hall–Kier alpha value is -2.60. The van der Waals surface area contributed by atoms with Crippen LogP contribution in [0.5, 0.6) is 5.75 Å². The van der Waals surface area contributed by atoms with Crippen molar-refractivity contribution >= 4 is 34.8 Å². The van der Waals surface area contributed by atoms with Crippen molar-refractivity contribution in [2.45, 2.75) is 50.8 Å². The zero-order valence-electron chi connectivity index (χ0n) is 18.2. The lowest BCUT2D eigenvalue weighted by molar-refractivity contribution is 0.146. The molecule has 0 unspecified atom stereocenters. The molecule has 2 heterocycles. The fourth-order valence-electron chi connectivity index (χ4n) is 5.11. The second-order valence-corrected chi connectivity index (χ2v) is 9.19. The highest BCUT2D eigenvalue weighted by atomic mass is 35.5. The average Bonchev–Trinajstić information content (AvgIpc) is 3.15. The monoisotopic (exact) mass is 480 g/mol. The van der Waals surface area contributed by atoms with Gasteiger partial charge in [0.15, 0.2) is 5.82 Å². The lowest BCUT2D eigenvalue weighted by atomic mass is 9.86. The van der Waals surface area contributed by atoms with Crippen LogP contribution in [0.4, 0.5) is 0 Å². The summed E-state index contributed by atoms with van der Waals surface area (Å²) in [5.41, 5.74) is 2.33. The smallest absolute Gasteiger partial charge is 0.151 e. The molecule has 2 aliphatic rings. The molecule has 1 aliphatic heterocycles. The lowest BCUT2D eigenvalue weighted by Gasteiger charge is -2.29. The highest BCUT2D eigenvalue weighted by molar-refractivity contribution is 6.30. The molecule has 0 bridgehead atoms. The second-order valence-electron chi connectivity index (χ2n) is 8.76. The van der Waals surface area contributed by atoms with E-state index in [0.29, 0.717) is 12.5 Å². The van der Waals surface area contributed by atoms with E-state index in [2.05, 4.69) is 68.6 Å². The van der Waals surface area contributed by atoms with Gasteiger partial charge in [-0.1, -0.05) is 48.0 Å². The van der Waals surface area contributed by atoms with Gasteiger partial charge in [0.25, 0.3) is 0 Å². The molecule has 1 aliphatic carbocycles. The summed E-state index contributed by atoms with van der Waals surface area (Å²) in [6, 6.07) is 20.8.